The molecule has 2 saturated heterocycles. The highest BCUT2D eigenvalue weighted by Gasteiger charge is 2.24. The van der Waals surface area contributed by atoms with Crippen molar-refractivity contribution in [1.82, 2.24) is 15.1 Å². The van der Waals surface area contributed by atoms with Crippen molar-refractivity contribution in [2.75, 3.05) is 59.6 Å². The molecule has 0 aromatic carbocycles. The molecule has 126 valence electrons. The van der Waals surface area contributed by atoms with E-state index in [0.717, 1.165) is 58.8 Å². The Morgan fingerprint density at radius 2 is 1.86 bits per heavy atom. The van der Waals surface area contributed by atoms with Gasteiger partial charge < -0.3 is 19.7 Å². The topological polar surface area (TPSA) is 71.1 Å². The second-order valence-electron chi connectivity index (χ2n) is 5.90. The molecule has 0 bridgehead atoms. The van der Waals surface area contributed by atoms with Crippen molar-refractivity contribution >= 4 is 12.0 Å². The number of esters is 1. The molecular formula is C15H27N3O4. The van der Waals surface area contributed by atoms with Gasteiger partial charge in [-0.25, -0.2) is 4.79 Å². The van der Waals surface area contributed by atoms with Gasteiger partial charge in [-0.2, -0.15) is 0 Å². The molecular weight excluding hydrogens is 286 g/mol. The summed E-state index contributed by atoms with van der Waals surface area (Å²) in [6.07, 6.45) is 2.30. The van der Waals surface area contributed by atoms with Crippen LogP contribution in [0.3, 0.4) is 0 Å². The number of carbonyl (C=O) groups is 2. The van der Waals surface area contributed by atoms with Crippen molar-refractivity contribution in [2.45, 2.75) is 19.3 Å². The van der Waals surface area contributed by atoms with Gasteiger partial charge in [-0.05, 0) is 18.8 Å². The van der Waals surface area contributed by atoms with Gasteiger partial charge in [-0.3, -0.25) is 9.69 Å². The van der Waals surface area contributed by atoms with E-state index in [1.165, 1.54) is 7.11 Å². The van der Waals surface area contributed by atoms with Gasteiger partial charge in [-0.15, -0.1) is 0 Å². The Labute approximate surface area is 131 Å². The van der Waals surface area contributed by atoms with Crippen LogP contribution in [0.15, 0.2) is 0 Å². The number of likely N-dealkylation sites (tertiary alicyclic amines) is 1. The van der Waals surface area contributed by atoms with Crippen molar-refractivity contribution in [3.8, 4) is 0 Å². The maximum atomic E-state index is 12.0. The molecule has 1 N–H and O–H groups in total. The van der Waals surface area contributed by atoms with E-state index in [0.29, 0.717) is 12.5 Å². The zero-order valence-corrected chi connectivity index (χ0v) is 13.4. The normalized spacial score (nSPS) is 20.7. The van der Waals surface area contributed by atoms with Gasteiger partial charge in [0.25, 0.3) is 0 Å². The second kappa shape index (κ2) is 8.95. The Bertz CT molecular complexity index is 364. The lowest BCUT2D eigenvalue weighted by molar-refractivity contribution is -0.140. The van der Waals surface area contributed by atoms with Crippen LogP contribution >= 0.6 is 0 Å². The van der Waals surface area contributed by atoms with Crippen LogP contribution < -0.4 is 5.32 Å². The number of rotatable bonds is 5. The molecule has 0 aliphatic carbocycles. The summed E-state index contributed by atoms with van der Waals surface area (Å²) in [5, 5.41) is 2.77. The Balaban J connectivity index is 1.61. The third-order valence-electron chi connectivity index (χ3n) is 4.35. The number of hydrogen-bond acceptors (Lipinski definition) is 5. The smallest absolute Gasteiger partial charge is 0.317 e. The van der Waals surface area contributed by atoms with Gasteiger partial charge in [-0.1, -0.05) is 0 Å². The van der Waals surface area contributed by atoms with Crippen LogP contribution in [-0.2, 0) is 14.3 Å². The SMILES string of the molecule is COC(=O)CCNC(=O)N1CCC(CN2CCOCC2)CC1. The highest BCUT2D eigenvalue weighted by molar-refractivity contribution is 5.75. The lowest BCUT2D eigenvalue weighted by Gasteiger charge is -2.36. The predicted octanol–water partition coefficient (Wildman–Crippen LogP) is 0.303. The Hall–Kier alpha value is -1.34. The quantitative estimate of drug-likeness (QED) is 0.739. The number of nitrogens with one attached hydrogen (secondary N) is 1. The Morgan fingerprint density at radius 3 is 2.50 bits per heavy atom. The van der Waals surface area contributed by atoms with Crippen molar-refractivity contribution in [3.05, 3.63) is 0 Å². The standard InChI is InChI=1S/C15H27N3O4/c1-21-14(19)2-5-16-15(20)18-6-3-13(4-7-18)12-17-8-10-22-11-9-17/h13H,2-12H2,1H3,(H,16,20). The first-order valence-corrected chi connectivity index (χ1v) is 8.08. The summed E-state index contributed by atoms with van der Waals surface area (Å²) in [4.78, 5) is 27.3. The molecule has 2 rings (SSSR count). The van der Waals surface area contributed by atoms with Gasteiger partial charge >= 0.3 is 12.0 Å². The van der Waals surface area contributed by atoms with E-state index >= 15 is 0 Å². The monoisotopic (exact) mass is 313 g/mol. The van der Waals surface area contributed by atoms with Gasteiger partial charge in [0.05, 0.1) is 26.7 Å². The second-order valence-corrected chi connectivity index (χ2v) is 5.90. The maximum Gasteiger partial charge on any atom is 0.317 e. The highest BCUT2D eigenvalue weighted by atomic mass is 16.5. The van der Waals surface area contributed by atoms with Crippen LogP contribution in [0.2, 0.25) is 0 Å². The summed E-state index contributed by atoms with van der Waals surface area (Å²) in [5.74, 6) is 0.363. The van der Waals surface area contributed by atoms with Crippen LogP contribution in [0.5, 0.6) is 0 Å². The number of hydrogen-bond donors (Lipinski definition) is 1. The molecule has 0 atom stereocenters. The summed E-state index contributed by atoms with van der Waals surface area (Å²) < 4.78 is 9.91. The van der Waals surface area contributed by atoms with Gasteiger partial charge in [0.1, 0.15) is 0 Å². The fourth-order valence-electron chi connectivity index (χ4n) is 2.95. The molecule has 7 nitrogen and oxygen atoms in total. The number of amides is 2. The molecule has 2 fully saturated rings. The van der Waals surface area contributed by atoms with Crippen LogP contribution in [0.1, 0.15) is 19.3 Å². The third-order valence-corrected chi connectivity index (χ3v) is 4.35. The first kappa shape index (κ1) is 17.0. The number of morpholine rings is 1. The lowest BCUT2D eigenvalue weighted by atomic mass is 9.96. The van der Waals surface area contributed by atoms with Crippen molar-refractivity contribution in [1.29, 1.82) is 0 Å². The van der Waals surface area contributed by atoms with E-state index in [-0.39, 0.29) is 18.4 Å². The Morgan fingerprint density at radius 1 is 1.18 bits per heavy atom. The predicted molar refractivity (Wildman–Crippen MR) is 81.6 cm³/mol. The molecule has 0 unspecified atom stereocenters. The zero-order chi connectivity index (χ0) is 15.8. The molecule has 0 aromatic rings. The first-order chi connectivity index (χ1) is 10.7. The summed E-state index contributed by atoms with van der Waals surface area (Å²) in [6, 6.07) is -0.0753. The van der Waals surface area contributed by atoms with Crippen molar-refractivity contribution in [2.24, 2.45) is 5.92 Å². The maximum absolute atomic E-state index is 12.0. The molecule has 2 heterocycles. The minimum atomic E-state index is -0.301. The largest absolute Gasteiger partial charge is 0.469 e. The van der Waals surface area contributed by atoms with E-state index in [2.05, 4.69) is 15.0 Å². The molecule has 22 heavy (non-hydrogen) atoms. The minimum absolute atomic E-state index is 0.0753. The number of ether oxygens (including phenoxy) is 2. The fourth-order valence-corrected chi connectivity index (χ4v) is 2.95. The highest BCUT2D eigenvalue weighted by Crippen LogP contribution is 2.19. The summed E-state index contributed by atoms with van der Waals surface area (Å²) >= 11 is 0. The van der Waals surface area contributed by atoms with Crippen LogP contribution in [0, 0.1) is 5.92 Å². The number of nitrogens with zero attached hydrogens (tertiary/aromatic N) is 2. The lowest BCUT2D eigenvalue weighted by Crippen LogP contribution is -2.47. The van der Waals surface area contributed by atoms with Gasteiger partial charge in [0, 0.05) is 39.3 Å². The molecule has 0 spiro atoms. The molecule has 2 aliphatic rings. The average molecular weight is 313 g/mol. The molecule has 7 heteroatoms. The third kappa shape index (κ3) is 5.46. The van der Waals surface area contributed by atoms with E-state index in [1.807, 2.05) is 4.90 Å². The number of methoxy groups -OCH3 is 1. The van der Waals surface area contributed by atoms with Crippen molar-refractivity contribution in [3.63, 3.8) is 0 Å². The molecule has 2 amide bonds. The fraction of sp³-hybridized carbons (Fsp3) is 0.867. The van der Waals surface area contributed by atoms with Gasteiger partial charge in [0.15, 0.2) is 0 Å². The molecule has 0 aromatic heterocycles. The summed E-state index contributed by atoms with van der Waals surface area (Å²) in [6.45, 7) is 6.74. The van der Waals surface area contributed by atoms with Crippen LogP contribution in [0.25, 0.3) is 0 Å². The Kier molecular flexibility index (Phi) is 6.92. The van der Waals surface area contributed by atoms with Gasteiger partial charge in [0.2, 0.25) is 0 Å². The number of urea groups is 1. The van der Waals surface area contributed by atoms with E-state index < -0.39 is 0 Å². The van der Waals surface area contributed by atoms with E-state index in [4.69, 9.17) is 4.74 Å². The van der Waals surface area contributed by atoms with E-state index in [9.17, 15) is 9.59 Å². The summed E-state index contributed by atoms with van der Waals surface area (Å²) in [5.41, 5.74) is 0. The molecule has 0 radical (unpaired) electrons. The number of carbonyl (C=O) groups excluding carboxylic acids is 2. The molecule has 2 aliphatic heterocycles. The minimum Gasteiger partial charge on any atom is -0.469 e. The number of piperidine rings is 1. The van der Waals surface area contributed by atoms with Crippen LogP contribution in [-0.4, -0.2) is 81.4 Å². The summed E-state index contributed by atoms with van der Waals surface area (Å²) in [7, 11) is 1.35. The van der Waals surface area contributed by atoms with Crippen molar-refractivity contribution < 1.29 is 19.1 Å². The first-order valence-electron chi connectivity index (χ1n) is 8.08. The van der Waals surface area contributed by atoms with E-state index in [1.54, 1.807) is 0 Å². The molecule has 0 saturated carbocycles. The average Bonchev–Trinajstić information content (AvgIpc) is 2.56. The van der Waals surface area contributed by atoms with Crippen LogP contribution in [0.4, 0.5) is 4.79 Å². The zero-order valence-electron chi connectivity index (χ0n) is 13.4.